The third-order valence-electron chi connectivity index (χ3n) is 3.57. The van der Waals surface area contributed by atoms with E-state index in [1.807, 2.05) is 37.6 Å². The van der Waals surface area contributed by atoms with E-state index in [9.17, 15) is 4.79 Å². The topological polar surface area (TPSA) is 57.0 Å². The molecule has 6 heteroatoms. The number of nitrogens with zero attached hydrogens (tertiary/aromatic N) is 3. The average Bonchev–Trinajstić information content (AvgIpc) is 3.16. The Labute approximate surface area is 138 Å². The highest BCUT2D eigenvalue weighted by Crippen LogP contribution is 2.30. The Kier molecular flexibility index (Phi) is 4.25. The number of carbonyl (C=O) groups excluding carboxylic acids is 1. The van der Waals surface area contributed by atoms with Crippen molar-refractivity contribution in [2.45, 2.75) is 13.8 Å². The molecule has 2 heterocycles. The summed E-state index contributed by atoms with van der Waals surface area (Å²) in [5.41, 5.74) is 4.15. The summed E-state index contributed by atoms with van der Waals surface area (Å²) in [5.74, 6) is -0.386. The van der Waals surface area contributed by atoms with Gasteiger partial charge < -0.3 is 4.74 Å². The maximum absolute atomic E-state index is 12.0. The molecule has 0 radical (unpaired) electrons. The largest absolute Gasteiger partial charge is 0.461 e. The van der Waals surface area contributed by atoms with Gasteiger partial charge in [-0.1, -0.05) is 18.2 Å². The van der Waals surface area contributed by atoms with Crippen molar-refractivity contribution in [3.63, 3.8) is 0 Å². The average molecular weight is 327 g/mol. The Balaban J connectivity index is 2.06. The second-order valence-corrected chi connectivity index (χ2v) is 5.98. The van der Waals surface area contributed by atoms with Crippen LogP contribution in [0.2, 0.25) is 0 Å². The number of benzene rings is 1. The van der Waals surface area contributed by atoms with E-state index in [1.54, 1.807) is 29.1 Å². The lowest BCUT2D eigenvalue weighted by Crippen LogP contribution is -2.07. The van der Waals surface area contributed by atoms with E-state index in [4.69, 9.17) is 4.74 Å². The molecule has 0 saturated heterocycles. The van der Waals surface area contributed by atoms with Crippen LogP contribution in [0.5, 0.6) is 0 Å². The van der Waals surface area contributed by atoms with Gasteiger partial charge in [0.05, 0.1) is 12.3 Å². The molecular formula is C17H17N3O2S. The predicted molar refractivity (Wildman–Crippen MR) is 90.4 cm³/mol. The first-order chi connectivity index (χ1) is 11.1. The molecule has 0 fully saturated rings. The number of hydrogen-bond acceptors (Lipinski definition) is 5. The normalized spacial score (nSPS) is 10.7. The lowest BCUT2D eigenvalue weighted by Gasteiger charge is -2.06. The van der Waals surface area contributed by atoms with Gasteiger partial charge in [0.1, 0.15) is 5.01 Å². The summed E-state index contributed by atoms with van der Waals surface area (Å²) in [4.78, 5) is 16.4. The van der Waals surface area contributed by atoms with Gasteiger partial charge in [0.2, 0.25) is 0 Å². The number of ether oxygens (including phenoxy) is 1. The molecule has 118 valence electrons. The lowest BCUT2D eigenvalue weighted by atomic mass is 10.0. The van der Waals surface area contributed by atoms with Gasteiger partial charge in [-0.3, -0.25) is 4.68 Å². The minimum Gasteiger partial charge on any atom is -0.461 e. The van der Waals surface area contributed by atoms with Crippen LogP contribution in [-0.2, 0) is 11.8 Å². The summed E-state index contributed by atoms with van der Waals surface area (Å²) >= 11 is 1.60. The first kappa shape index (κ1) is 15.4. The Bertz CT molecular complexity index is 838. The maximum Gasteiger partial charge on any atom is 0.359 e. The van der Waals surface area contributed by atoms with Crippen molar-refractivity contribution in [3.8, 4) is 21.8 Å². The van der Waals surface area contributed by atoms with E-state index in [0.717, 1.165) is 27.4 Å². The molecule has 0 amide bonds. The highest BCUT2D eigenvalue weighted by Gasteiger charge is 2.20. The van der Waals surface area contributed by atoms with Crippen LogP contribution >= 0.6 is 11.3 Å². The number of thiazole rings is 1. The molecule has 3 rings (SSSR count). The van der Waals surface area contributed by atoms with Gasteiger partial charge in [-0.05, 0) is 19.9 Å². The van der Waals surface area contributed by atoms with Crippen molar-refractivity contribution in [2.75, 3.05) is 6.61 Å². The van der Waals surface area contributed by atoms with E-state index in [0.29, 0.717) is 12.3 Å². The molecule has 0 spiro atoms. The smallest absolute Gasteiger partial charge is 0.359 e. The summed E-state index contributed by atoms with van der Waals surface area (Å²) in [6.07, 6.45) is 1.79. The lowest BCUT2D eigenvalue weighted by molar-refractivity contribution is 0.0518. The summed E-state index contributed by atoms with van der Waals surface area (Å²) in [5, 5.41) is 7.25. The molecule has 1 aromatic carbocycles. The van der Waals surface area contributed by atoms with Gasteiger partial charge in [0, 0.05) is 35.3 Å². The molecule has 5 nitrogen and oxygen atoms in total. The number of hydrogen-bond donors (Lipinski definition) is 0. The van der Waals surface area contributed by atoms with Crippen molar-refractivity contribution in [1.82, 2.24) is 14.8 Å². The summed E-state index contributed by atoms with van der Waals surface area (Å²) in [6, 6.07) is 8.09. The fraction of sp³-hybridized carbons (Fsp3) is 0.235. The Hall–Kier alpha value is -2.47. The predicted octanol–water partition coefficient (Wildman–Crippen LogP) is 3.70. The molecule has 0 unspecified atom stereocenters. The standard InChI is InChI=1S/C17H17N3O2S/c1-4-22-17(21)14-11(2)15(20(3)19-14)12-6-5-7-13(10-12)16-18-8-9-23-16/h5-10H,4H2,1-3H3. The monoisotopic (exact) mass is 327 g/mol. The van der Waals surface area contributed by atoms with Crippen LogP contribution in [0, 0.1) is 6.92 Å². The fourth-order valence-electron chi connectivity index (χ4n) is 2.59. The van der Waals surface area contributed by atoms with Crippen LogP contribution in [0.4, 0.5) is 0 Å². The molecule has 23 heavy (non-hydrogen) atoms. The van der Waals surface area contributed by atoms with Crippen molar-refractivity contribution >= 4 is 17.3 Å². The maximum atomic E-state index is 12.0. The summed E-state index contributed by atoms with van der Waals surface area (Å²) < 4.78 is 6.80. The van der Waals surface area contributed by atoms with Crippen LogP contribution in [-0.4, -0.2) is 27.3 Å². The van der Waals surface area contributed by atoms with E-state index in [1.165, 1.54) is 0 Å². The minimum absolute atomic E-state index is 0.337. The van der Waals surface area contributed by atoms with Crippen LogP contribution in [0.1, 0.15) is 23.0 Å². The van der Waals surface area contributed by atoms with Crippen LogP contribution < -0.4 is 0 Å². The van der Waals surface area contributed by atoms with Crippen LogP contribution in [0.15, 0.2) is 35.8 Å². The zero-order chi connectivity index (χ0) is 16.4. The molecule has 0 atom stereocenters. The zero-order valence-electron chi connectivity index (χ0n) is 13.2. The molecule has 0 aliphatic rings. The van der Waals surface area contributed by atoms with Crippen molar-refractivity contribution in [3.05, 3.63) is 47.1 Å². The summed E-state index contributed by atoms with van der Waals surface area (Å²) in [7, 11) is 1.83. The first-order valence-electron chi connectivity index (χ1n) is 7.32. The summed E-state index contributed by atoms with van der Waals surface area (Å²) in [6.45, 7) is 4.02. The minimum atomic E-state index is -0.386. The molecule has 0 aliphatic carbocycles. The SMILES string of the molecule is CCOC(=O)c1nn(C)c(-c2cccc(-c3nccs3)c2)c1C. The van der Waals surface area contributed by atoms with E-state index in [2.05, 4.69) is 16.1 Å². The molecule has 0 aliphatic heterocycles. The zero-order valence-corrected chi connectivity index (χ0v) is 14.1. The van der Waals surface area contributed by atoms with Gasteiger partial charge in [-0.15, -0.1) is 11.3 Å². The number of rotatable bonds is 4. The molecular weight excluding hydrogens is 310 g/mol. The fourth-order valence-corrected chi connectivity index (χ4v) is 3.23. The highest BCUT2D eigenvalue weighted by molar-refractivity contribution is 7.13. The Morgan fingerprint density at radius 3 is 2.83 bits per heavy atom. The second kappa shape index (κ2) is 6.34. The van der Waals surface area contributed by atoms with Crippen LogP contribution in [0.25, 0.3) is 21.8 Å². The Morgan fingerprint density at radius 1 is 1.35 bits per heavy atom. The van der Waals surface area contributed by atoms with E-state index < -0.39 is 0 Å². The van der Waals surface area contributed by atoms with Crippen molar-refractivity contribution in [2.24, 2.45) is 7.05 Å². The number of carbonyl (C=O) groups is 1. The number of aryl methyl sites for hydroxylation is 1. The van der Waals surface area contributed by atoms with Gasteiger partial charge in [-0.2, -0.15) is 5.10 Å². The van der Waals surface area contributed by atoms with E-state index in [-0.39, 0.29) is 5.97 Å². The van der Waals surface area contributed by atoms with Crippen LogP contribution in [0.3, 0.4) is 0 Å². The quantitative estimate of drug-likeness (QED) is 0.686. The first-order valence-corrected chi connectivity index (χ1v) is 8.20. The second-order valence-electron chi connectivity index (χ2n) is 5.08. The molecule has 0 N–H and O–H groups in total. The van der Waals surface area contributed by atoms with Gasteiger partial charge >= 0.3 is 5.97 Å². The van der Waals surface area contributed by atoms with Gasteiger partial charge in [-0.25, -0.2) is 9.78 Å². The Morgan fingerprint density at radius 2 is 2.13 bits per heavy atom. The van der Waals surface area contributed by atoms with E-state index >= 15 is 0 Å². The molecule has 0 bridgehead atoms. The van der Waals surface area contributed by atoms with Gasteiger partial charge in [0.25, 0.3) is 0 Å². The van der Waals surface area contributed by atoms with Crippen molar-refractivity contribution < 1.29 is 9.53 Å². The highest BCUT2D eigenvalue weighted by atomic mass is 32.1. The molecule has 2 aromatic heterocycles. The molecule has 3 aromatic rings. The third-order valence-corrected chi connectivity index (χ3v) is 4.39. The number of esters is 1. The van der Waals surface area contributed by atoms with Gasteiger partial charge in [0.15, 0.2) is 5.69 Å². The third kappa shape index (κ3) is 2.90. The number of aromatic nitrogens is 3. The van der Waals surface area contributed by atoms with Crippen molar-refractivity contribution in [1.29, 1.82) is 0 Å². The molecule has 0 saturated carbocycles.